The minimum Gasteiger partial charge on any atom is -0.460 e. The topological polar surface area (TPSA) is 52.6 Å². The smallest absolute Gasteiger partial charge is 0.306 e. The van der Waals surface area contributed by atoms with Gasteiger partial charge in [-0.15, -0.1) is 0 Å². The fraction of sp³-hybridized carbons (Fsp3) is 0.926. The first-order valence-corrected chi connectivity index (χ1v) is 13.6. The van der Waals surface area contributed by atoms with Crippen molar-refractivity contribution in [2.75, 3.05) is 67.6 Å². The van der Waals surface area contributed by atoms with E-state index in [9.17, 15) is 9.59 Å². The van der Waals surface area contributed by atoms with Crippen LogP contribution in [0, 0.1) is 0 Å². The van der Waals surface area contributed by atoms with E-state index < -0.39 is 0 Å². The molecule has 0 amide bonds. The number of unbranched alkanes of at least 4 members (excludes halogenated alkanes) is 8. The predicted octanol–water partition coefficient (Wildman–Crippen LogP) is 5.34. The van der Waals surface area contributed by atoms with Crippen molar-refractivity contribution < 1.29 is 28.0 Å². The molecule has 0 aliphatic heterocycles. The highest BCUT2D eigenvalue weighted by Crippen LogP contribution is 2.09. The van der Waals surface area contributed by atoms with Gasteiger partial charge < -0.3 is 18.4 Å². The molecule has 0 heterocycles. The van der Waals surface area contributed by atoms with Crippen molar-refractivity contribution >= 4 is 11.9 Å². The fourth-order valence-corrected chi connectivity index (χ4v) is 3.84. The lowest BCUT2D eigenvalue weighted by Crippen LogP contribution is -2.43. The first-order valence-electron chi connectivity index (χ1n) is 13.6. The molecule has 0 atom stereocenters. The van der Waals surface area contributed by atoms with Gasteiger partial charge in [-0.1, -0.05) is 52.4 Å². The Kier molecular flexibility index (Phi) is 18.5. The summed E-state index contributed by atoms with van der Waals surface area (Å²) in [5.74, 6) is -0.432. The highest BCUT2D eigenvalue weighted by Gasteiger charge is 2.17. The molecule has 0 rings (SSSR count). The standard InChI is InChI=1S/C27H56N2O4/c1-7-9-11-13-15-20-28(3,4)22-24-32-26(30)18-17-19-27(31)33-25-23-29(5,6)21-16-14-12-10-8-2/h7-25H2,1-6H3/q+2. The number of likely N-dealkylation sites (N-methyl/N-ethyl adjacent to an activating group) is 2. The van der Waals surface area contributed by atoms with E-state index in [1.54, 1.807) is 0 Å². The van der Waals surface area contributed by atoms with Crippen LogP contribution in [0.25, 0.3) is 0 Å². The molecule has 6 heteroatoms. The van der Waals surface area contributed by atoms with Crippen LogP contribution in [0.15, 0.2) is 0 Å². The van der Waals surface area contributed by atoms with E-state index in [1.807, 2.05) is 0 Å². The van der Waals surface area contributed by atoms with E-state index >= 15 is 0 Å². The van der Waals surface area contributed by atoms with Gasteiger partial charge >= 0.3 is 11.9 Å². The molecule has 0 saturated carbocycles. The van der Waals surface area contributed by atoms with Gasteiger partial charge in [-0.05, 0) is 32.1 Å². The number of rotatable bonds is 22. The van der Waals surface area contributed by atoms with Gasteiger partial charge in [0.2, 0.25) is 0 Å². The molecule has 0 fully saturated rings. The number of hydrogen-bond donors (Lipinski definition) is 0. The van der Waals surface area contributed by atoms with Crippen molar-refractivity contribution in [2.45, 2.75) is 97.3 Å². The van der Waals surface area contributed by atoms with Crippen molar-refractivity contribution in [3.8, 4) is 0 Å². The minimum absolute atomic E-state index is 0.216. The van der Waals surface area contributed by atoms with E-state index in [1.165, 1.54) is 64.2 Å². The predicted molar refractivity (Wildman–Crippen MR) is 137 cm³/mol. The van der Waals surface area contributed by atoms with Crippen LogP contribution in [0.2, 0.25) is 0 Å². The molecule has 33 heavy (non-hydrogen) atoms. The highest BCUT2D eigenvalue weighted by atomic mass is 16.5. The Morgan fingerprint density at radius 2 is 0.879 bits per heavy atom. The van der Waals surface area contributed by atoms with E-state index in [2.05, 4.69) is 42.0 Å². The molecule has 196 valence electrons. The Morgan fingerprint density at radius 3 is 1.24 bits per heavy atom. The maximum absolute atomic E-state index is 12.0. The van der Waals surface area contributed by atoms with Gasteiger partial charge in [0.15, 0.2) is 0 Å². The molecular weight excluding hydrogens is 416 g/mol. The Morgan fingerprint density at radius 1 is 0.515 bits per heavy atom. The third-order valence-corrected chi connectivity index (χ3v) is 6.42. The number of carbonyl (C=O) groups excluding carboxylic acids is 2. The normalized spacial score (nSPS) is 12.1. The molecular formula is C27H56N2O4+2. The number of esters is 2. The average Bonchev–Trinajstić information content (AvgIpc) is 2.73. The Balaban J connectivity index is 3.78. The summed E-state index contributed by atoms with van der Waals surface area (Å²) in [6, 6.07) is 0. The first-order chi connectivity index (χ1) is 15.6. The minimum atomic E-state index is -0.216. The summed E-state index contributed by atoms with van der Waals surface area (Å²) in [5, 5.41) is 0. The summed E-state index contributed by atoms with van der Waals surface area (Å²) < 4.78 is 12.5. The van der Waals surface area contributed by atoms with Gasteiger partial charge in [0, 0.05) is 12.8 Å². The second-order valence-electron chi connectivity index (χ2n) is 10.9. The van der Waals surface area contributed by atoms with Crippen LogP contribution in [-0.4, -0.2) is 88.5 Å². The van der Waals surface area contributed by atoms with Gasteiger partial charge in [-0.3, -0.25) is 9.59 Å². The van der Waals surface area contributed by atoms with Gasteiger partial charge in [0.05, 0.1) is 41.3 Å². The number of quaternary nitrogens is 2. The van der Waals surface area contributed by atoms with Gasteiger partial charge in [0.25, 0.3) is 0 Å². The van der Waals surface area contributed by atoms with Crippen LogP contribution in [0.5, 0.6) is 0 Å². The summed E-state index contributed by atoms with van der Waals surface area (Å²) in [6.07, 6.45) is 13.8. The van der Waals surface area contributed by atoms with E-state index in [-0.39, 0.29) is 24.8 Å². The van der Waals surface area contributed by atoms with Crippen molar-refractivity contribution in [3.05, 3.63) is 0 Å². The van der Waals surface area contributed by atoms with Gasteiger partial charge in [-0.25, -0.2) is 0 Å². The van der Waals surface area contributed by atoms with Crippen LogP contribution >= 0.6 is 0 Å². The van der Waals surface area contributed by atoms with E-state index in [0.717, 1.165) is 35.1 Å². The number of carbonyl (C=O) groups is 2. The molecule has 0 saturated heterocycles. The molecule has 0 spiro atoms. The molecule has 0 unspecified atom stereocenters. The lowest BCUT2D eigenvalue weighted by atomic mass is 10.1. The second kappa shape index (κ2) is 19.2. The number of hydrogen-bond acceptors (Lipinski definition) is 4. The zero-order valence-electron chi connectivity index (χ0n) is 23.0. The summed E-state index contributed by atoms with van der Waals surface area (Å²) in [6.45, 7) is 9.23. The molecule has 0 bridgehead atoms. The lowest BCUT2D eigenvalue weighted by molar-refractivity contribution is -0.890. The maximum Gasteiger partial charge on any atom is 0.306 e. The lowest BCUT2D eigenvalue weighted by Gasteiger charge is -2.29. The Hall–Kier alpha value is -1.14. The molecule has 0 aliphatic carbocycles. The molecule has 0 aromatic carbocycles. The second-order valence-corrected chi connectivity index (χ2v) is 10.9. The zero-order chi connectivity index (χ0) is 25.0. The Labute approximate surface area is 205 Å². The van der Waals surface area contributed by atoms with Crippen LogP contribution in [0.4, 0.5) is 0 Å². The van der Waals surface area contributed by atoms with Crippen molar-refractivity contribution in [1.29, 1.82) is 0 Å². The SMILES string of the molecule is CCCCCCC[N+](C)(C)CCOC(=O)CCCC(=O)OCC[N+](C)(C)CCCCCCC. The zero-order valence-corrected chi connectivity index (χ0v) is 23.0. The maximum atomic E-state index is 12.0. The number of ether oxygens (including phenoxy) is 2. The van der Waals surface area contributed by atoms with Gasteiger partial charge in [0.1, 0.15) is 26.3 Å². The average molecular weight is 473 g/mol. The third-order valence-electron chi connectivity index (χ3n) is 6.42. The highest BCUT2D eigenvalue weighted by molar-refractivity contribution is 5.72. The molecule has 0 aromatic heterocycles. The van der Waals surface area contributed by atoms with Crippen LogP contribution in [-0.2, 0) is 19.1 Å². The summed E-state index contributed by atoms with van der Waals surface area (Å²) in [5.41, 5.74) is 0. The molecule has 0 aromatic rings. The molecule has 0 aliphatic rings. The van der Waals surface area contributed by atoms with Crippen LogP contribution in [0.3, 0.4) is 0 Å². The fourth-order valence-electron chi connectivity index (χ4n) is 3.84. The van der Waals surface area contributed by atoms with Crippen LogP contribution < -0.4 is 0 Å². The monoisotopic (exact) mass is 472 g/mol. The molecule has 0 radical (unpaired) electrons. The third kappa shape index (κ3) is 21.2. The van der Waals surface area contributed by atoms with Crippen molar-refractivity contribution in [3.63, 3.8) is 0 Å². The molecule has 0 N–H and O–H groups in total. The quantitative estimate of drug-likeness (QED) is 0.121. The van der Waals surface area contributed by atoms with E-state index in [4.69, 9.17) is 9.47 Å². The summed E-state index contributed by atoms with van der Waals surface area (Å²) in [4.78, 5) is 23.9. The summed E-state index contributed by atoms with van der Waals surface area (Å²) in [7, 11) is 8.76. The van der Waals surface area contributed by atoms with Crippen molar-refractivity contribution in [2.24, 2.45) is 0 Å². The van der Waals surface area contributed by atoms with Gasteiger partial charge in [-0.2, -0.15) is 0 Å². The first kappa shape index (κ1) is 31.9. The van der Waals surface area contributed by atoms with Crippen LogP contribution in [0.1, 0.15) is 97.3 Å². The molecule has 6 nitrogen and oxygen atoms in total. The van der Waals surface area contributed by atoms with E-state index in [0.29, 0.717) is 19.6 Å². The largest absolute Gasteiger partial charge is 0.460 e. The number of nitrogens with zero attached hydrogens (tertiary/aromatic N) is 2. The Bertz CT molecular complexity index is 462. The summed E-state index contributed by atoms with van der Waals surface area (Å²) >= 11 is 0. The van der Waals surface area contributed by atoms with Crippen molar-refractivity contribution in [1.82, 2.24) is 0 Å².